The third kappa shape index (κ3) is 2.38. The smallest absolute Gasteiger partial charge is 0.320 e. The Morgan fingerprint density at radius 2 is 2.19 bits per heavy atom. The molecule has 1 saturated carbocycles. The Morgan fingerprint density at radius 3 is 2.69 bits per heavy atom. The third-order valence-corrected chi connectivity index (χ3v) is 4.00. The summed E-state index contributed by atoms with van der Waals surface area (Å²) < 4.78 is 0. The van der Waals surface area contributed by atoms with Gasteiger partial charge in [0.05, 0.1) is 0 Å². The number of hydrogen-bond donors (Lipinski definition) is 1. The maximum absolute atomic E-state index is 11.1. The van der Waals surface area contributed by atoms with Gasteiger partial charge in [0.2, 0.25) is 0 Å². The summed E-state index contributed by atoms with van der Waals surface area (Å²) in [6.07, 6.45) is 4.49. The fourth-order valence-corrected chi connectivity index (χ4v) is 2.76. The molecule has 1 N–H and O–H groups in total. The molecular weight excluding hydrogens is 204 g/mol. The Kier molecular flexibility index (Phi) is 3.50. The van der Waals surface area contributed by atoms with Crippen molar-refractivity contribution in [3.8, 4) is 0 Å². The second kappa shape index (κ2) is 4.72. The molecule has 1 aliphatic carbocycles. The fourth-order valence-electron chi connectivity index (χ4n) is 2.76. The maximum Gasteiger partial charge on any atom is 0.320 e. The number of hydrogen-bond acceptors (Lipinski definition) is 3. The van der Waals surface area contributed by atoms with Crippen LogP contribution in [0.3, 0.4) is 0 Å². The monoisotopic (exact) mass is 226 g/mol. The topological polar surface area (TPSA) is 43.8 Å². The average molecular weight is 226 g/mol. The summed E-state index contributed by atoms with van der Waals surface area (Å²) in [4.78, 5) is 15.7. The largest absolute Gasteiger partial charge is 0.480 e. The highest BCUT2D eigenvalue weighted by Crippen LogP contribution is 2.31. The lowest BCUT2D eigenvalue weighted by Gasteiger charge is -2.29. The van der Waals surface area contributed by atoms with Crippen LogP contribution in [0.25, 0.3) is 0 Å². The highest BCUT2D eigenvalue weighted by Gasteiger charge is 2.37. The molecule has 2 fully saturated rings. The van der Waals surface area contributed by atoms with Gasteiger partial charge in [-0.25, -0.2) is 0 Å². The van der Waals surface area contributed by atoms with Crippen LogP contribution in [-0.4, -0.2) is 59.1 Å². The lowest BCUT2D eigenvalue weighted by molar-refractivity contribution is -0.143. The van der Waals surface area contributed by atoms with Crippen molar-refractivity contribution in [3.05, 3.63) is 0 Å². The van der Waals surface area contributed by atoms with Crippen LogP contribution in [0.15, 0.2) is 0 Å². The van der Waals surface area contributed by atoms with Crippen molar-refractivity contribution in [3.63, 3.8) is 0 Å². The molecule has 0 bridgehead atoms. The lowest BCUT2D eigenvalue weighted by atomic mass is 10.1. The second-order valence-electron chi connectivity index (χ2n) is 5.10. The fraction of sp³-hybridized carbons (Fsp3) is 0.917. The Bertz CT molecular complexity index is 266. The summed E-state index contributed by atoms with van der Waals surface area (Å²) in [6, 6.07) is 0.925. The molecule has 1 saturated heterocycles. The van der Waals surface area contributed by atoms with E-state index >= 15 is 0 Å². The van der Waals surface area contributed by atoms with Crippen LogP contribution in [0.1, 0.15) is 32.6 Å². The van der Waals surface area contributed by atoms with Gasteiger partial charge in [0.15, 0.2) is 0 Å². The van der Waals surface area contributed by atoms with Gasteiger partial charge in [-0.2, -0.15) is 0 Å². The molecule has 0 aromatic carbocycles. The molecule has 0 aromatic rings. The standard InChI is InChI=1S/C12H22N2O2/c1-3-11(12(15)16)13(2)10-6-7-14(8-10)9-4-5-9/h9-11H,3-8H2,1-2H3,(H,15,16). The summed E-state index contributed by atoms with van der Waals surface area (Å²) in [5.41, 5.74) is 0. The molecule has 92 valence electrons. The van der Waals surface area contributed by atoms with E-state index in [0.29, 0.717) is 12.5 Å². The average Bonchev–Trinajstić information content (AvgIpc) is 2.97. The van der Waals surface area contributed by atoms with Gasteiger partial charge in [-0.05, 0) is 32.7 Å². The summed E-state index contributed by atoms with van der Waals surface area (Å²) in [5, 5.41) is 9.14. The molecule has 0 aromatic heterocycles. The zero-order chi connectivity index (χ0) is 11.7. The van der Waals surface area contributed by atoms with Gasteiger partial charge in [0.25, 0.3) is 0 Å². The number of aliphatic carboxylic acids is 1. The van der Waals surface area contributed by atoms with E-state index in [0.717, 1.165) is 25.6 Å². The van der Waals surface area contributed by atoms with E-state index in [9.17, 15) is 4.79 Å². The summed E-state index contributed by atoms with van der Waals surface area (Å²) in [6.45, 7) is 4.16. The number of rotatable bonds is 5. The summed E-state index contributed by atoms with van der Waals surface area (Å²) in [5.74, 6) is -0.685. The van der Waals surface area contributed by atoms with Crippen LogP contribution in [0, 0.1) is 0 Å². The number of likely N-dealkylation sites (tertiary alicyclic amines) is 1. The second-order valence-corrected chi connectivity index (χ2v) is 5.10. The first-order valence-corrected chi connectivity index (χ1v) is 6.32. The van der Waals surface area contributed by atoms with E-state index in [1.54, 1.807) is 0 Å². The Balaban J connectivity index is 1.89. The van der Waals surface area contributed by atoms with Crippen LogP contribution in [0.5, 0.6) is 0 Å². The van der Waals surface area contributed by atoms with E-state index in [4.69, 9.17) is 5.11 Å². The van der Waals surface area contributed by atoms with Crippen LogP contribution < -0.4 is 0 Å². The summed E-state index contributed by atoms with van der Waals surface area (Å²) in [7, 11) is 1.96. The van der Waals surface area contributed by atoms with E-state index in [1.165, 1.54) is 12.8 Å². The van der Waals surface area contributed by atoms with Crippen LogP contribution in [0.2, 0.25) is 0 Å². The molecular formula is C12H22N2O2. The molecule has 1 heterocycles. The van der Waals surface area contributed by atoms with Crippen molar-refractivity contribution >= 4 is 5.97 Å². The van der Waals surface area contributed by atoms with E-state index in [-0.39, 0.29) is 6.04 Å². The van der Waals surface area contributed by atoms with Crippen molar-refractivity contribution in [1.82, 2.24) is 9.80 Å². The number of nitrogens with zero attached hydrogens (tertiary/aromatic N) is 2. The first kappa shape index (κ1) is 11.9. The minimum absolute atomic E-state index is 0.316. The molecule has 0 amide bonds. The molecule has 16 heavy (non-hydrogen) atoms. The van der Waals surface area contributed by atoms with Crippen molar-refractivity contribution in [2.75, 3.05) is 20.1 Å². The number of likely N-dealkylation sites (N-methyl/N-ethyl adjacent to an activating group) is 1. The number of carbonyl (C=O) groups is 1. The summed E-state index contributed by atoms with van der Waals surface area (Å²) >= 11 is 0. The highest BCUT2D eigenvalue weighted by molar-refractivity contribution is 5.73. The van der Waals surface area contributed by atoms with Crippen LogP contribution >= 0.6 is 0 Å². The molecule has 4 heteroatoms. The van der Waals surface area contributed by atoms with E-state index in [2.05, 4.69) is 9.80 Å². The van der Waals surface area contributed by atoms with Crippen LogP contribution in [-0.2, 0) is 4.79 Å². The lowest BCUT2D eigenvalue weighted by Crippen LogP contribution is -2.45. The molecule has 0 radical (unpaired) electrons. The van der Waals surface area contributed by atoms with Gasteiger partial charge in [-0.1, -0.05) is 6.92 Å². The first-order chi connectivity index (χ1) is 7.63. The van der Waals surface area contributed by atoms with Crippen LogP contribution in [0.4, 0.5) is 0 Å². The van der Waals surface area contributed by atoms with Gasteiger partial charge in [0, 0.05) is 25.2 Å². The molecule has 2 atom stereocenters. The Labute approximate surface area is 97.2 Å². The first-order valence-electron chi connectivity index (χ1n) is 6.32. The normalized spacial score (nSPS) is 28.6. The molecule has 2 aliphatic rings. The molecule has 1 aliphatic heterocycles. The van der Waals surface area contributed by atoms with Gasteiger partial charge in [-0.3, -0.25) is 14.6 Å². The number of carboxylic acids is 1. The third-order valence-electron chi connectivity index (χ3n) is 4.00. The highest BCUT2D eigenvalue weighted by atomic mass is 16.4. The minimum Gasteiger partial charge on any atom is -0.480 e. The van der Waals surface area contributed by atoms with E-state index in [1.807, 2.05) is 14.0 Å². The minimum atomic E-state index is -0.685. The quantitative estimate of drug-likeness (QED) is 0.760. The van der Waals surface area contributed by atoms with Gasteiger partial charge in [-0.15, -0.1) is 0 Å². The van der Waals surface area contributed by atoms with Crippen molar-refractivity contribution in [2.45, 2.75) is 50.7 Å². The number of carboxylic acid groups (broad SMARTS) is 1. The molecule has 4 nitrogen and oxygen atoms in total. The van der Waals surface area contributed by atoms with Gasteiger partial charge in [0.1, 0.15) is 6.04 Å². The molecule has 2 unspecified atom stereocenters. The van der Waals surface area contributed by atoms with Gasteiger partial charge >= 0.3 is 5.97 Å². The zero-order valence-corrected chi connectivity index (χ0v) is 10.2. The molecule has 2 rings (SSSR count). The van der Waals surface area contributed by atoms with E-state index < -0.39 is 5.97 Å². The predicted molar refractivity (Wildman–Crippen MR) is 62.5 cm³/mol. The van der Waals surface area contributed by atoms with Gasteiger partial charge < -0.3 is 5.11 Å². The van der Waals surface area contributed by atoms with Crippen molar-refractivity contribution < 1.29 is 9.90 Å². The molecule has 0 spiro atoms. The SMILES string of the molecule is CCC(C(=O)O)N(C)C1CCN(C2CC2)C1. The Hall–Kier alpha value is -0.610. The maximum atomic E-state index is 11.1. The predicted octanol–water partition coefficient (Wildman–Crippen LogP) is 1.02. The Morgan fingerprint density at radius 1 is 1.50 bits per heavy atom. The zero-order valence-electron chi connectivity index (χ0n) is 10.2. The van der Waals surface area contributed by atoms with Crippen molar-refractivity contribution in [1.29, 1.82) is 0 Å². The van der Waals surface area contributed by atoms with Crippen molar-refractivity contribution in [2.24, 2.45) is 0 Å².